The van der Waals surface area contributed by atoms with E-state index in [-0.39, 0.29) is 28.8 Å². The van der Waals surface area contributed by atoms with Gasteiger partial charge in [-0.15, -0.1) is 0 Å². The molecule has 0 saturated carbocycles. The van der Waals surface area contributed by atoms with Gasteiger partial charge in [0.05, 0.1) is 10.5 Å². The molecule has 1 aromatic carbocycles. The smallest absolute Gasteiger partial charge is 0.335 e. The normalized spacial score (nSPS) is 21.5. The van der Waals surface area contributed by atoms with Crippen LogP contribution in [0.4, 0.5) is 5.69 Å². The number of rotatable bonds is 3. The van der Waals surface area contributed by atoms with E-state index in [1.807, 2.05) is 6.92 Å². The SMILES string of the molecule is CC1CCCN(C(=O)c2cc(C(=O)O)cc([N+](=O)[O-])c2)C1C. The van der Waals surface area contributed by atoms with Gasteiger partial charge in [0.2, 0.25) is 0 Å². The Morgan fingerprint density at radius 3 is 2.50 bits per heavy atom. The number of amides is 1. The number of carboxylic acids is 1. The van der Waals surface area contributed by atoms with Crippen LogP contribution in [0.3, 0.4) is 0 Å². The molecule has 7 heteroatoms. The van der Waals surface area contributed by atoms with E-state index in [4.69, 9.17) is 5.11 Å². The van der Waals surface area contributed by atoms with Gasteiger partial charge >= 0.3 is 5.97 Å². The lowest BCUT2D eigenvalue weighted by atomic mass is 9.91. The molecule has 7 nitrogen and oxygen atoms in total. The molecule has 0 aliphatic carbocycles. The highest BCUT2D eigenvalue weighted by atomic mass is 16.6. The summed E-state index contributed by atoms with van der Waals surface area (Å²) in [5.41, 5.74) is -0.594. The van der Waals surface area contributed by atoms with Crippen molar-refractivity contribution in [3.05, 3.63) is 39.4 Å². The summed E-state index contributed by atoms with van der Waals surface area (Å²) in [4.78, 5) is 35.6. The number of piperidine rings is 1. The van der Waals surface area contributed by atoms with Crippen LogP contribution in [0.1, 0.15) is 47.4 Å². The third kappa shape index (κ3) is 3.08. The van der Waals surface area contributed by atoms with Gasteiger partial charge in [-0.2, -0.15) is 0 Å². The van der Waals surface area contributed by atoms with Gasteiger partial charge < -0.3 is 10.0 Å². The monoisotopic (exact) mass is 306 g/mol. The van der Waals surface area contributed by atoms with Crippen molar-refractivity contribution in [1.82, 2.24) is 4.90 Å². The predicted molar refractivity (Wildman–Crippen MR) is 79.0 cm³/mol. The van der Waals surface area contributed by atoms with Crippen LogP contribution in [-0.2, 0) is 0 Å². The van der Waals surface area contributed by atoms with Crippen LogP contribution in [0.15, 0.2) is 18.2 Å². The number of benzene rings is 1. The van der Waals surface area contributed by atoms with E-state index in [0.29, 0.717) is 12.5 Å². The number of carbonyl (C=O) groups is 2. The number of hydrogen-bond donors (Lipinski definition) is 1. The summed E-state index contributed by atoms with van der Waals surface area (Å²) in [5, 5.41) is 20.0. The summed E-state index contributed by atoms with van der Waals surface area (Å²) in [6.07, 6.45) is 1.90. The standard InChI is InChI=1S/C15H18N2O5/c1-9-4-3-5-16(10(9)2)14(18)11-6-12(15(19)20)8-13(7-11)17(21)22/h6-10H,3-5H2,1-2H3,(H,19,20). The van der Waals surface area contributed by atoms with Gasteiger partial charge in [0.25, 0.3) is 11.6 Å². The van der Waals surface area contributed by atoms with Crippen LogP contribution in [0.25, 0.3) is 0 Å². The van der Waals surface area contributed by atoms with Crippen LogP contribution in [-0.4, -0.2) is 39.4 Å². The minimum absolute atomic E-state index is 0.0220. The van der Waals surface area contributed by atoms with Crippen molar-refractivity contribution in [2.24, 2.45) is 5.92 Å². The van der Waals surface area contributed by atoms with E-state index in [1.165, 1.54) is 6.07 Å². The first-order chi connectivity index (χ1) is 10.3. The Morgan fingerprint density at radius 2 is 1.91 bits per heavy atom. The molecule has 1 aliphatic heterocycles. The van der Waals surface area contributed by atoms with Gasteiger partial charge in [0, 0.05) is 30.3 Å². The van der Waals surface area contributed by atoms with Crippen molar-refractivity contribution in [2.75, 3.05) is 6.54 Å². The fraction of sp³-hybridized carbons (Fsp3) is 0.467. The van der Waals surface area contributed by atoms with Gasteiger partial charge in [-0.3, -0.25) is 14.9 Å². The molecule has 1 saturated heterocycles. The fourth-order valence-corrected chi connectivity index (χ4v) is 2.75. The van der Waals surface area contributed by atoms with Crippen molar-refractivity contribution in [3.63, 3.8) is 0 Å². The maximum Gasteiger partial charge on any atom is 0.335 e. The number of carboxylic acid groups (broad SMARTS) is 1. The first-order valence-corrected chi connectivity index (χ1v) is 7.15. The molecule has 1 aromatic rings. The van der Waals surface area contributed by atoms with Crippen LogP contribution >= 0.6 is 0 Å². The van der Waals surface area contributed by atoms with Gasteiger partial charge in [-0.05, 0) is 31.7 Å². The topological polar surface area (TPSA) is 101 Å². The molecule has 1 heterocycles. The number of aromatic carboxylic acids is 1. The zero-order valence-electron chi connectivity index (χ0n) is 12.5. The molecule has 1 aliphatic rings. The Bertz CT molecular complexity index is 596. The Kier molecular flexibility index (Phi) is 4.44. The lowest BCUT2D eigenvalue weighted by molar-refractivity contribution is -0.384. The number of nitro groups is 1. The summed E-state index contributed by atoms with van der Waals surface area (Å²) in [5.74, 6) is -1.31. The quantitative estimate of drug-likeness (QED) is 0.683. The molecule has 1 fully saturated rings. The van der Waals surface area contributed by atoms with E-state index in [9.17, 15) is 19.7 Å². The molecule has 1 amide bonds. The number of nitrogens with zero attached hydrogens (tertiary/aromatic N) is 2. The number of likely N-dealkylation sites (tertiary alicyclic amines) is 1. The maximum absolute atomic E-state index is 12.6. The Labute approximate surface area is 127 Å². The minimum atomic E-state index is -1.29. The third-order valence-electron chi connectivity index (χ3n) is 4.26. The maximum atomic E-state index is 12.6. The second kappa shape index (κ2) is 6.13. The molecule has 0 spiro atoms. The first kappa shape index (κ1) is 15.9. The van der Waals surface area contributed by atoms with Gasteiger partial charge in [0.1, 0.15) is 0 Å². The molecule has 2 unspecified atom stereocenters. The first-order valence-electron chi connectivity index (χ1n) is 7.15. The summed E-state index contributed by atoms with van der Waals surface area (Å²) in [7, 11) is 0. The summed E-state index contributed by atoms with van der Waals surface area (Å²) in [6.45, 7) is 4.58. The highest BCUT2D eigenvalue weighted by molar-refractivity contribution is 5.98. The Hall–Kier alpha value is -2.44. The minimum Gasteiger partial charge on any atom is -0.478 e. The van der Waals surface area contributed by atoms with E-state index in [2.05, 4.69) is 6.92 Å². The second-order valence-corrected chi connectivity index (χ2v) is 5.69. The molecule has 0 radical (unpaired) electrons. The molecule has 1 N–H and O–H groups in total. The summed E-state index contributed by atoms with van der Waals surface area (Å²) < 4.78 is 0. The molecule has 22 heavy (non-hydrogen) atoms. The number of hydrogen-bond acceptors (Lipinski definition) is 4. The van der Waals surface area contributed by atoms with Crippen molar-refractivity contribution in [2.45, 2.75) is 32.7 Å². The number of nitro benzene ring substituents is 1. The number of carbonyl (C=O) groups excluding carboxylic acids is 1. The Morgan fingerprint density at radius 1 is 1.27 bits per heavy atom. The highest BCUT2D eigenvalue weighted by Gasteiger charge is 2.30. The molecule has 2 rings (SSSR count). The lowest BCUT2D eigenvalue weighted by Gasteiger charge is -2.38. The van der Waals surface area contributed by atoms with Gasteiger partial charge in [0.15, 0.2) is 0 Å². The van der Waals surface area contributed by atoms with Crippen molar-refractivity contribution >= 4 is 17.6 Å². The second-order valence-electron chi connectivity index (χ2n) is 5.69. The molecule has 0 bridgehead atoms. The zero-order chi connectivity index (χ0) is 16.4. The molecule has 118 valence electrons. The van der Waals surface area contributed by atoms with Crippen LogP contribution < -0.4 is 0 Å². The molecule has 2 atom stereocenters. The van der Waals surface area contributed by atoms with E-state index in [1.54, 1.807) is 4.90 Å². The van der Waals surface area contributed by atoms with Crippen molar-refractivity contribution < 1.29 is 19.6 Å². The highest BCUT2D eigenvalue weighted by Crippen LogP contribution is 2.26. The lowest BCUT2D eigenvalue weighted by Crippen LogP contribution is -2.46. The predicted octanol–water partition coefficient (Wildman–Crippen LogP) is 2.55. The number of non-ortho nitro benzene ring substituents is 1. The van der Waals surface area contributed by atoms with E-state index >= 15 is 0 Å². The van der Waals surface area contributed by atoms with Crippen molar-refractivity contribution in [3.8, 4) is 0 Å². The van der Waals surface area contributed by atoms with Gasteiger partial charge in [-0.25, -0.2) is 4.79 Å². The largest absolute Gasteiger partial charge is 0.478 e. The third-order valence-corrected chi connectivity index (χ3v) is 4.26. The summed E-state index contributed by atoms with van der Waals surface area (Å²) >= 11 is 0. The van der Waals surface area contributed by atoms with Gasteiger partial charge in [-0.1, -0.05) is 6.92 Å². The average Bonchev–Trinajstić information content (AvgIpc) is 2.48. The molecular formula is C15H18N2O5. The zero-order valence-corrected chi connectivity index (χ0v) is 12.5. The van der Waals surface area contributed by atoms with Crippen LogP contribution in [0.2, 0.25) is 0 Å². The molecule has 0 aromatic heterocycles. The van der Waals surface area contributed by atoms with Crippen molar-refractivity contribution in [1.29, 1.82) is 0 Å². The van der Waals surface area contributed by atoms with Crippen LogP contribution in [0, 0.1) is 16.0 Å². The summed E-state index contributed by atoms with van der Waals surface area (Å²) in [6, 6.07) is 3.32. The van der Waals surface area contributed by atoms with E-state index in [0.717, 1.165) is 25.0 Å². The Balaban J connectivity index is 2.40. The average molecular weight is 306 g/mol. The molecular weight excluding hydrogens is 288 g/mol. The van der Waals surface area contributed by atoms with E-state index < -0.39 is 10.9 Å². The van der Waals surface area contributed by atoms with Crippen LogP contribution in [0.5, 0.6) is 0 Å². The fourth-order valence-electron chi connectivity index (χ4n) is 2.75.